The Kier molecular flexibility index (Phi) is 4.11. The molecule has 5 nitrogen and oxygen atoms in total. The molecule has 0 radical (unpaired) electrons. The van der Waals surface area contributed by atoms with Crippen molar-refractivity contribution < 1.29 is 15.0 Å². The second-order valence-electron chi connectivity index (χ2n) is 7.22. The molecule has 2 aliphatic rings. The lowest BCUT2D eigenvalue weighted by Gasteiger charge is -2.59. The lowest BCUT2D eigenvalue weighted by atomic mass is 9.56. The van der Waals surface area contributed by atoms with Crippen molar-refractivity contribution >= 4 is 11.6 Å². The number of allylic oxidation sites excluding steroid dienone is 2. The molecule has 0 bridgehead atoms. The molecule has 5 heteroatoms. The molecule has 2 fully saturated rings. The van der Waals surface area contributed by atoms with E-state index in [1.54, 1.807) is 11.9 Å². The number of likely N-dealkylation sites (tertiary alicyclic amines) is 1. The van der Waals surface area contributed by atoms with Crippen LogP contribution < -0.4 is 0 Å². The number of rotatable bonds is 3. The fourth-order valence-corrected chi connectivity index (χ4v) is 3.85. The summed E-state index contributed by atoms with van der Waals surface area (Å²) in [5.41, 5.74) is 2.81. The summed E-state index contributed by atoms with van der Waals surface area (Å²) in [6.45, 7) is 5.61. The van der Waals surface area contributed by atoms with E-state index in [0.29, 0.717) is 5.92 Å². The molecular formula is C19H24N2O3. The third-order valence-electron chi connectivity index (χ3n) is 5.34. The van der Waals surface area contributed by atoms with Crippen molar-refractivity contribution in [2.45, 2.75) is 26.7 Å². The maximum Gasteiger partial charge on any atom is 0.257 e. The Morgan fingerprint density at radius 3 is 2.58 bits per heavy atom. The van der Waals surface area contributed by atoms with Crippen LogP contribution in [0.15, 0.2) is 34.8 Å². The maximum atomic E-state index is 12.5. The second kappa shape index (κ2) is 5.96. The third kappa shape index (κ3) is 2.90. The van der Waals surface area contributed by atoms with Gasteiger partial charge in [0.25, 0.3) is 5.91 Å². The zero-order valence-electron chi connectivity index (χ0n) is 14.4. The van der Waals surface area contributed by atoms with Gasteiger partial charge in [0.15, 0.2) is 0 Å². The predicted octanol–water partition coefficient (Wildman–Crippen LogP) is 2.99. The third-order valence-corrected chi connectivity index (χ3v) is 5.34. The first-order valence-electron chi connectivity index (χ1n) is 8.26. The Labute approximate surface area is 142 Å². The van der Waals surface area contributed by atoms with Crippen LogP contribution in [0.25, 0.3) is 0 Å². The normalized spacial score (nSPS) is 20.7. The summed E-state index contributed by atoms with van der Waals surface area (Å²) >= 11 is 0. The number of benzene rings is 1. The van der Waals surface area contributed by atoms with E-state index in [0.717, 1.165) is 31.6 Å². The van der Waals surface area contributed by atoms with Gasteiger partial charge < -0.3 is 15.1 Å². The van der Waals surface area contributed by atoms with Gasteiger partial charge in [-0.05, 0) is 56.9 Å². The van der Waals surface area contributed by atoms with Gasteiger partial charge in [0.05, 0.1) is 5.56 Å². The summed E-state index contributed by atoms with van der Waals surface area (Å²) in [4.78, 5) is 18.4. The largest absolute Gasteiger partial charge is 0.508 e. The van der Waals surface area contributed by atoms with Crippen molar-refractivity contribution in [1.82, 2.24) is 4.90 Å². The fraction of sp³-hybridized carbons (Fsp3) is 0.474. The smallest absolute Gasteiger partial charge is 0.257 e. The molecular weight excluding hydrogens is 304 g/mol. The van der Waals surface area contributed by atoms with Gasteiger partial charge in [-0.25, -0.2) is 0 Å². The highest BCUT2D eigenvalue weighted by atomic mass is 16.3. The maximum absolute atomic E-state index is 12.5. The average molecular weight is 328 g/mol. The minimum absolute atomic E-state index is 0.0104. The molecule has 2 N–H and O–H groups in total. The van der Waals surface area contributed by atoms with Gasteiger partial charge in [-0.15, -0.1) is 0 Å². The number of amides is 1. The molecule has 1 aromatic rings. The number of aromatic hydroxyl groups is 2. The van der Waals surface area contributed by atoms with Crippen LogP contribution in [0.3, 0.4) is 0 Å². The highest BCUT2D eigenvalue weighted by molar-refractivity contribution is 5.98. The van der Waals surface area contributed by atoms with E-state index >= 15 is 0 Å². The molecule has 3 rings (SSSR count). The number of aliphatic imine (C=N–C) groups is 1. The lowest BCUT2D eigenvalue weighted by molar-refractivity contribution is -0.0665. The standard InChI is InChI=1S/C19H24N2O3/c1-12(6-13(2)20-3)14-8-19(9-14)10-21(11-19)18(24)16-7-15(22)4-5-17(16)23/h4-7,14,22-23H,8-11H2,1-3H3/b12-6+,20-13?. The van der Waals surface area contributed by atoms with Gasteiger partial charge in [-0.2, -0.15) is 0 Å². The molecule has 24 heavy (non-hydrogen) atoms. The molecule has 128 valence electrons. The molecule has 1 heterocycles. The summed E-state index contributed by atoms with van der Waals surface area (Å²) in [6, 6.07) is 4.05. The number of carbonyl (C=O) groups is 1. The van der Waals surface area contributed by atoms with Crippen LogP contribution in [0.4, 0.5) is 0 Å². The zero-order chi connectivity index (χ0) is 17.5. The van der Waals surface area contributed by atoms with Gasteiger partial charge in [0, 0.05) is 31.3 Å². The molecule has 1 aliphatic carbocycles. The van der Waals surface area contributed by atoms with Gasteiger partial charge in [0.2, 0.25) is 0 Å². The minimum Gasteiger partial charge on any atom is -0.508 e. The van der Waals surface area contributed by atoms with Crippen LogP contribution in [-0.2, 0) is 0 Å². The monoisotopic (exact) mass is 328 g/mol. The first kappa shape index (κ1) is 16.6. The lowest BCUT2D eigenvalue weighted by Crippen LogP contribution is -2.63. The average Bonchev–Trinajstić information content (AvgIpc) is 2.46. The number of phenols is 2. The first-order valence-corrected chi connectivity index (χ1v) is 8.26. The number of carbonyl (C=O) groups excluding carboxylic acids is 1. The molecule has 0 aromatic heterocycles. The minimum atomic E-state index is -0.210. The number of hydrogen-bond acceptors (Lipinski definition) is 4. The molecule has 1 amide bonds. The van der Waals surface area contributed by atoms with Crippen LogP contribution >= 0.6 is 0 Å². The van der Waals surface area contributed by atoms with Crippen LogP contribution in [0.1, 0.15) is 37.0 Å². The Balaban J connectivity index is 1.58. The number of hydrogen-bond donors (Lipinski definition) is 2. The highest BCUT2D eigenvalue weighted by Crippen LogP contribution is 2.54. The molecule has 0 unspecified atom stereocenters. The molecule has 0 atom stereocenters. The Hall–Kier alpha value is -2.30. The molecule has 1 aromatic carbocycles. The van der Waals surface area contributed by atoms with Crippen molar-refractivity contribution in [3.05, 3.63) is 35.4 Å². The van der Waals surface area contributed by atoms with Crippen molar-refractivity contribution in [2.24, 2.45) is 16.3 Å². The summed E-state index contributed by atoms with van der Waals surface area (Å²) < 4.78 is 0. The quantitative estimate of drug-likeness (QED) is 0.662. The Bertz CT molecular complexity index is 722. The van der Waals surface area contributed by atoms with E-state index in [9.17, 15) is 15.0 Å². The molecule has 1 aliphatic heterocycles. The summed E-state index contributed by atoms with van der Waals surface area (Å²) in [6.07, 6.45) is 4.34. The van der Waals surface area contributed by atoms with Crippen molar-refractivity contribution in [3.8, 4) is 11.5 Å². The van der Waals surface area contributed by atoms with E-state index < -0.39 is 0 Å². The predicted molar refractivity (Wildman–Crippen MR) is 93.6 cm³/mol. The van der Waals surface area contributed by atoms with Gasteiger partial charge >= 0.3 is 0 Å². The number of nitrogens with zero attached hydrogens (tertiary/aromatic N) is 2. The SMILES string of the molecule is CN=C(C)/C=C(\C)C1CC2(C1)CN(C(=O)c1cc(O)ccc1O)C2. The Morgan fingerprint density at radius 2 is 1.96 bits per heavy atom. The number of phenolic OH excluding ortho intramolecular Hbond substituents is 2. The molecule has 1 saturated carbocycles. The summed E-state index contributed by atoms with van der Waals surface area (Å²) in [5.74, 6) is 0.272. The van der Waals surface area contributed by atoms with E-state index in [2.05, 4.69) is 18.0 Å². The van der Waals surface area contributed by atoms with Gasteiger partial charge in [-0.1, -0.05) is 5.57 Å². The van der Waals surface area contributed by atoms with Crippen LogP contribution in [0, 0.1) is 11.3 Å². The van der Waals surface area contributed by atoms with Crippen molar-refractivity contribution in [2.75, 3.05) is 20.1 Å². The molecule has 1 spiro atoms. The Morgan fingerprint density at radius 1 is 1.29 bits per heavy atom. The second-order valence-corrected chi connectivity index (χ2v) is 7.22. The molecule has 1 saturated heterocycles. The van der Waals surface area contributed by atoms with Crippen molar-refractivity contribution in [1.29, 1.82) is 0 Å². The van der Waals surface area contributed by atoms with Gasteiger partial charge in [-0.3, -0.25) is 9.79 Å². The van der Waals surface area contributed by atoms with E-state index in [1.165, 1.54) is 23.8 Å². The zero-order valence-corrected chi connectivity index (χ0v) is 14.4. The topological polar surface area (TPSA) is 73.1 Å². The van der Waals surface area contributed by atoms with Crippen LogP contribution in [0.5, 0.6) is 11.5 Å². The van der Waals surface area contributed by atoms with E-state index in [-0.39, 0.29) is 28.4 Å². The van der Waals surface area contributed by atoms with Crippen LogP contribution in [-0.4, -0.2) is 46.9 Å². The highest BCUT2D eigenvalue weighted by Gasteiger charge is 2.53. The van der Waals surface area contributed by atoms with Gasteiger partial charge in [0.1, 0.15) is 11.5 Å². The fourth-order valence-electron chi connectivity index (χ4n) is 3.85. The summed E-state index contributed by atoms with van der Waals surface area (Å²) in [5, 5.41) is 19.3. The summed E-state index contributed by atoms with van der Waals surface area (Å²) in [7, 11) is 1.80. The van der Waals surface area contributed by atoms with Crippen molar-refractivity contribution in [3.63, 3.8) is 0 Å². The van der Waals surface area contributed by atoms with Crippen LogP contribution in [0.2, 0.25) is 0 Å². The van der Waals surface area contributed by atoms with E-state index in [4.69, 9.17) is 0 Å². The van der Waals surface area contributed by atoms with E-state index in [1.807, 2.05) is 6.92 Å². The first-order chi connectivity index (χ1) is 11.3.